The summed E-state index contributed by atoms with van der Waals surface area (Å²) in [5.41, 5.74) is 8.59. The van der Waals surface area contributed by atoms with Gasteiger partial charge in [0.1, 0.15) is 5.82 Å². The second-order valence-electron chi connectivity index (χ2n) is 4.44. The van der Waals surface area contributed by atoms with Crippen molar-refractivity contribution < 1.29 is 9.18 Å². The Morgan fingerprint density at radius 3 is 2.63 bits per heavy atom. The van der Waals surface area contributed by atoms with Crippen LogP contribution in [0.2, 0.25) is 0 Å². The summed E-state index contributed by atoms with van der Waals surface area (Å²) < 4.78 is 13.0. The number of aryl methyl sites for hydroxylation is 1. The molecule has 0 bridgehead atoms. The van der Waals surface area contributed by atoms with Gasteiger partial charge in [0.25, 0.3) is 5.91 Å². The van der Waals surface area contributed by atoms with Crippen LogP contribution in [-0.2, 0) is 0 Å². The Balaban J connectivity index is 2.26. The summed E-state index contributed by atoms with van der Waals surface area (Å²) in [6.07, 6.45) is 0. The van der Waals surface area contributed by atoms with Crippen LogP contribution in [-0.4, -0.2) is 5.91 Å². The average molecular weight is 258 g/mol. The molecule has 0 heterocycles. The van der Waals surface area contributed by atoms with Crippen LogP contribution >= 0.6 is 0 Å². The van der Waals surface area contributed by atoms with Gasteiger partial charge in [0.05, 0.1) is 5.69 Å². The fourth-order valence-electron chi connectivity index (χ4n) is 1.77. The molecular formula is C15H15FN2O. The molecule has 0 spiro atoms. The molecular weight excluding hydrogens is 243 g/mol. The number of hydrogen-bond acceptors (Lipinski definition) is 2. The van der Waals surface area contributed by atoms with Crippen LogP contribution in [0.3, 0.4) is 0 Å². The third-order valence-electron chi connectivity index (χ3n) is 3.11. The lowest BCUT2D eigenvalue weighted by molar-refractivity contribution is 0.102. The molecule has 0 aliphatic carbocycles. The lowest BCUT2D eigenvalue weighted by atomic mass is 10.1. The molecule has 3 nitrogen and oxygen atoms in total. The third kappa shape index (κ3) is 2.73. The van der Waals surface area contributed by atoms with Crippen molar-refractivity contribution in [3.05, 3.63) is 58.9 Å². The van der Waals surface area contributed by atoms with E-state index in [1.165, 1.54) is 18.2 Å². The molecule has 0 aromatic heterocycles. The molecule has 0 atom stereocenters. The van der Waals surface area contributed by atoms with E-state index < -0.39 is 5.82 Å². The Morgan fingerprint density at radius 2 is 1.95 bits per heavy atom. The molecule has 3 N–H and O–H groups in total. The van der Waals surface area contributed by atoms with Gasteiger partial charge in [0, 0.05) is 11.3 Å². The number of halogens is 1. The molecule has 2 aromatic rings. The normalized spacial score (nSPS) is 10.3. The van der Waals surface area contributed by atoms with Crippen molar-refractivity contribution in [2.75, 3.05) is 11.1 Å². The van der Waals surface area contributed by atoms with Crippen LogP contribution in [0.15, 0.2) is 36.4 Å². The number of carbonyl (C=O) groups is 1. The molecule has 19 heavy (non-hydrogen) atoms. The Labute approximate surface area is 111 Å². The van der Waals surface area contributed by atoms with Gasteiger partial charge in [0.2, 0.25) is 0 Å². The largest absolute Gasteiger partial charge is 0.396 e. The van der Waals surface area contributed by atoms with E-state index in [4.69, 9.17) is 5.73 Å². The van der Waals surface area contributed by atoms with Crippen molar-refractivity contribution in [3.63, 3.8) is 0 Å². The minimum absolute atomic E-state index is 0.0337. The number of carbonyl (C=O) groups excluding carboxylic acids is 1. The minimum atomic E-state index is -0.525. The quantitative estimate of drug-likeness (QED) is 0.812. The summed E-state index contributed by atoms with van der Waals surface area (Å²) >= 11 is 0. The first-order valence-electron chi connectivity index (χ1n) is 5.91. The predicted molar refractivity (Wildman–Crippen MR) is 74.7 cm³/mol. The van der Waals surface area contributed by atoms with E-state index in [9.17, 15) is 9.18 Å². The molecule has 0 radical (unpaired) electrons. The Hall–Kier alpha value is -2.36. The van der Waals surface area contributed by atoms with Crippen molar-refractivity contribution in [2.24, 2.45) is 0 Å². The fourth-order valence-corrected chi connectivity index (χ4v) is 1.77. The summed E-state index contributed by atoms with van der Waals surface area (Å²) in [6, 6.07) is 9.60. The van der Waals surface area contributed by atoms with E-state index in [-0.39, 0.29) is 11.6 Å². The van der Waals surface area contributed by atoms with Crippen molar-refractivity contribution >= 4 is 17.3 Å². The Kier molecular flexibility index (Phi) is 3.51. The van der Waals surface area contributed by atoms with Crippen molar-refractivity contribution in [1.82, 2.24) is 0 Å². The highest BCUT2D eigenvalue weighted by molar-refractivity contribution is 6.05. The molecule has 0 saturated heterocycles. The second-order valence-corrected chi connectivity index (χ2v) is 4.44. The topological polar surface area (TPSA) is 55.1 Å². The summed E-state index contributed by atoms with van der Waals surface area (Å²) in [4.78, 5) is 12.1. The van der Waals surface area contributed by atoms with E-state index in [0.29, 0.717) is 5.56 Å². The zero-order valence-electron chi connectivity index (χ0n) is 10.8. The molecule has 98 valence electrons. The third-order valence-corrected chi connectivity index (χ3v) is 3.11. The first kappa shape index (κ1) is 13.1. The number of amides is 1. The Bertz CT molecular complexity index is 638. The van der Waals surface area contributed by atoms with Crippen LogP contribution in [0.4, 0.5) is 15.8 Å². The van der Waals surface area contributed by atoms with Crippen LogP contribution < -0.4 is 11.1 Å². The zero-order chi connectivity index (χ0) is 14.0. The van der Waals surface area contributed by atoms with Gasteiger partial charge >= 0.3 is 0 Å². The van der Waals surface area contributed by atoms with Crippen LogP contribution in [0.5, 0.6) is 0 Å². The molecule has 0 aliphatic heterocycles. The maximum atomic E-state index is 13.0. The Morgan fingerprint density at radius 1 is 1.21 bits per heavy atom. The highest BCUT2D eigenvalue weighted by Crippen LogP contribution is 2.19. The van der Waals surface area contributed by atoms with Gasteiger partial charge in [-0.15, -0.1) is 0 Å². The second kappa shape index (κ2) is 5.10. The number of hydrogen-bond donors (Lipinski definition) is 2. The molecule has 0 aliphatic rings. The number of nitrogen functional groups attached to an aromatic ring is 1. The van der Waals surface area contributed by atoms with Gasteiger partial charge < -0.3 is 11.1 Å². The molecule has 2 aromatic carbocycles. The number of nitrogens with two attached hydrogens (primary N) is 1. The standard InChI is InChI=1S/C15H15FN2O/c1-9-4-3-5-14(10(9)2)18-15(19)11-6-7-12(16)13(17)8-11/h3-8H,17H2,1-2H3,(H,18,19). The summed E-state index contributed by atoms with van der Waals surface area (Å²) in [6.45, 7) is 3.91. The van der Waals surface area contributed by atoms with Crippen LogP contribution in [0, 0.1) is 19.7 Å². The minimum Gasteiger partial charge on any atom is -0.396 e. The molecule has 1 amide bonds. The SMILES string of the molecule is Cc1cccc(NC(=O)c2ccc(F)c(N)c2)c1C. The highest BCUT2D eigenvalue weighted by Gasteiger charge is 2.10. The van der Waals surface area contributed by atoms with Crippen LogP contribution in [0.1, 0.15) is 21.5 Å². The molecule has 0 fully saturated rings. The first-order chi connectivity index (χ1) is 8.99. The monoisotopic (exact) mass is 258 g/mol. The maximum Gasteiger partial charge on any atom is 0.255 e. The van der Waals surface area contributed by atoms with Gasteiger partial charge in [-0.2, -0.15) is 0 Å². The molecule has 4 heteroatoms. The van der Waals surface area contributed by atoms with Gasteiger partial charge in [-0.05, 0) is 49.2 Å². The highest BCUT2D eigenvalue weighted by atomic mass is 19.1. The fraction of sp³-hybridized carbons (Fsp3) is 0.133. The molecule has 2 rings (SSSR count). The van der Waals surface area contributed by atoms with Crippen molar-refractivity contribution in [3.8, 4) is 0 Å². The van der Waals surface area contributed by atoms with E-state index in [0.717, 1.165) is 16.8 Å². The maximum absolute atomic E-state index is 13.0. The number of anilines is 2. The van der Waals surface area contributed by atoms with E-state index >= 15 is 0 Å². The van der Waals surface area contributed by atoms with E-state index in [2.05, 4.69) is 5.32 Å². The lowest BCUT2D eigenvalue weighted by Crippen LogP contribution is -2.13. The number of rotatable bonds is 2. The van der Waals surface area contributed by atoms with E-state index in [1.54, 1.807) is 0 Å². The average Bonchev–Trinajstić information content (AvgIpc) is 2.38. The first-order valence-corrected chi connectivity index (χ1v) is 5.91. The lowest BCUT2D eigenvalue weighted by Gasteiger charge is -2.10. The van der Waals surface area contributed by atoms with E-state index in [1.807, 2.05) is 32.0 Å². The van der Waals surface area contributed by atoms with Gasteiger partial charge in [0.15, 0.2) is 0 Å². The smallest absolute Gasteiger partial charge is 0.255 e. The van der Waals surface area contributed by atoms with Crippen molar-refractivity contribution in [1.29, 1.82) is 0 Å². The molecule has 0 unspecified atom stereocenters. The van der Waals surface area contributed by atoms with Gasteiger partial charge in [-0.1, -0.05) is 12.1 Å². The van der Waals surface area contributed by atoms with Gasteiger partial charge in [-0.25, -0.2) is 4.39 Å². The summed E-state index contributed by atoms with van der Waals surface area (Å²) in [5.74, 6) is -0.830. The van der Waals surface area contributed by atoms with Gasteiger partial charge in [-0.3, -0.25) is 4.79 Å². The number of benzene rings is 2. The van der Waals surface area contributed by atoms with Crippen molar-refractivity contribution in [2.45, 2.75) is 13.8 Å². The number of nitrogens with one attached hydrogen (secondary N) is 1. The van der Waals surface area contributed by atoms with Crippen LogP contribution in [0.25, 0.3) is 0 Å². The molecule has 0 saturated carbocycles. The zero-order valence-corrected chi connectivity index (χ0v) is 10.8. The summed E-state index contributed by atoms with van der Waals surface area (Å²) in [7, 11) is 0. The summed E-state index contributed by atoms with van der Waals surface area (Å²) in [5, 5.41) is 2.80. The predicted octanol–water partition coefficient (Wildman–Crippen LogP) is 3.28.